The summed E-state index contributed by atoms with van der Waals surface area (Å²) in [5, 5.41) is 12.3. The summed E-state index contributed by atoms with van der Waals surface area (Å²) in [7, 11) is 0. The summed E-state index contributed by atoms with van der Waals surface area (Å²) in [6.07, 6.45) is 2.29. The zero-order valence-electron chi connectivity index (χ0n) is 16.4. The Morgan fingerprint density at radius 1 is 1.17 bits per heavy atom. The monoisotopic (exact) mass is 436 g/mol. The molecule has 2 saturated carbocycles. The number of aryl methyl sites for hydroxylation is 1. The number of halogens is 3. The highest BCUT2D eigenvalue weighted by molar-refractivity contribution is 7.13. The summed E-state index contributed by atoms with van der Waals surface area (Å²) in [5.41, 5.74) is 0.673. The van der Waals surface area contributed by atoms with Gasteiger partial charge in [0.2, 0.25) is 0 Å². The van der Waals surface area contributed by atoms with Crippen LogP contribution in [-0.2, 0) is 6.42 Å². The molecule has 3 aromatic rings. The van der Waals surface area contributed by atoms with Crippen molar-refractivity contribution in [2.45, 2.75) is 57.2 Å². The minimum Gasteiger partial charge on any atom is -0.440 e. The van der Waals surface area contributed by atoms with Crippen molar-refractivity contribution >= 4 is 22.4 Å². The molecule has 3 atom stereocenters. The molecule has 160 valence electrons. The number of aromatic nitrogens is 2. The third-order valence-corrected chi connectivity index (χ3v) is 7.44. The number of hydrogen-bond acceptors (Lipinski definition) is 5. The molecular weight excluding hydrogens is 413 g/mol. The molecule has 2 aliphatic rings. The lowest BCUT2D eigenvalue weighted by molar-refractivity contribution is -0.206. The maximum absolute atomic E-state index is 13.2. The van der Waals surface area contributed by atoms with Gasteiger partial charge in [-0.3, -0.25) is 0 Å². The van der Waals surface area contributed by atoms with E-state index >= 15 is 0 Å². The number of aliphatic hydroxyl groups is 1. The van der Waals surface area contributed by atoms with Crippen LogP contribution in [0.2, 0.25) is 0 Å². The highest BCUT2D eigenvalue weighted by atomic mass is 32.1. The number of thiazole rings is 1. The number of alkyl halides is 3. The van der Waals surface area contributed by atoms with Crippen LogP contribution in [0.5, 0.6) is 0 Å². The Hall–Kier alpha value is -1.93. The Balaban J connectivity index is 1.46. The molecule has 2 heterocycles. The second kappa shape index (κ2) is 7.64. The number of hydrogen-bond donors (Lipinski definition) is 1. The largest absolute Gasteiger partial charge is 0.440 e. The van der Waals surface area contributed by atoms with Crippen molar-refractivity contribution in [1.29, 1.82) is 0 Å². The van der Waals surface area contributed by atoms with E-state index in [2.05, 4.69) is 9.97 Å². The smallest absolute Gasteiger partial charge is 0.418 e. The van der Waals surface area contributed by atoms with Crippen molar-refractivity contribution in [3.05, 3.63) is 35.2 Å². The topological polar surface area (TPSA) is 59.2 Å². The first-order valence-electron chi connectivity index (χ1n) is 10.5. The van der Waals surface area contributed by atoms with Crippen LogP contribution in [0.25, 0.3) is 21.7 Å². The fourth-order valence-corrected chi connectivity index (χ4v) is 5.97. The molecule has 5 rings (SSSR count). The van der Waals surface area contributed by atoms with E-state index < -0.39 is 12.3 Å². The van der Waals surface area contributed by atoms with E-state index in [1.54, 1.807) is 11.6 Å². The predicted octanol–water partition coefficient (Wildman–Crippen LogP) is 6.31. The average molecular weight is 436 g/mol. The van der Waals surface area contributed by atoms with E-state index in [0.717, 1.165) is 18.3 Å². The lowest BCUT2D eigenvalue weighted by atomic mass is 9.79. The van der Waals surface area contributed by atoms with Crippen LogP contribution in [0.1, 0.15) is 56.1 Å². The summed E-state index contributed by atoms with van der Waals surface area (Å²) >= 11 is 1.38. The van der Waals surface area contributed by atoms with Crippen molar-refractivity contribution < 1.29 is 22.7 Å². The second-order valence-corrected chi connectivity index (χ2v) is 9.58. The molecule has 0 saturated heterocycles. The van der Waals surface area contributed by atoms with Gasteiger partial charge < -0.3 is 9.52 Å². The molecule has 4 nitrogen and oxygen atoms in total. The zero-order valence-corrected chi connectivity index (χ0v) is 17.2. The van der Waals surface area contributed by atoms with Crippen molar-refractivity contribution in [3.63, 3.8) is 0 Å². The Morgan fingerprint density at radius 3 is 2.60 bits per heavy atom. The van der Waals surface area contributed by atoms with Gasteiger partial charge in [-0.05, 0) is 49.5 Å². The van der Waals surface area contributed by atoms with E-state index in [1.165, 1.54) is 55.6 Å². The molecule has 0 aliphatic heterocycles. The molecule has 0 radical (unpaired) electrons. The van der Waals surface area contributed by atoms with Crippen molar-refractivity contribution in [2.75, 3.05) is 0 Å². The minimum atomic E-state index is -4.77. The highest BCUT2D eigenvalue weighted by Gasteiger charge is 2.41. The van der Waals surface area contributed by atoms with E-state index in [4.69, 9.17) is 4.42 Å². The molecular formula is C22H23F3N2O2S. The van der Waals surface area contributed by atoms with Gasteiger partial charge in [0.05, 0.1) is 5.56 Å². The van der Waals surface area contributed by atoms with Crippen molar-refractivity contribution in [3.8, 4) is 10.6 Å². The minimum absolute atomic E-state index is 0.0752. The first kappa shape index (κ1) is 20.0. The van der Waals surface area contributed by atoms with Crippen LogP contribution in [0.3, 0.4) is 0 Å². The second-order valence-electron chi connectivity index (χ2n) is 8.69. The number of fused-ring (bicyclic) bond motifs is 3. The zero-order chi connectivity index (χ0) is 20.9. The maximum Gasteiger partial charge on any atom is 0.418 e. The quantitative estimate of drug-likeness (QED) is 0.509. The van der Waals surface area contributed by atoms with Gasteiger partial charge in [-0.2, -0.15) is 13.2 Å². The van der Waals surface area contributed by atoms with Crippen LogP contribution in [0.4, 0.5) is 13.2 Å². The Bertz CT molecular complexity index is 1020. The van der Waals surface area contributed by atoms with Crippen LogP contribution in [0.15, 0.2) is 28.1 Å². The Kier molecular flexibility index (Phi) is 5.09. The van der Waals surface area contributed by atoms with Crippen LogP contribution < -0.4 is 0 Å². The Morgan fingerprint density at radius 2 is 1.93 bits per heavy atom. The van der Waals surface area contributed by atoms with Gasteiger partial charge in [-0.25, -0.2) is 9.97 Å². The predicted molar refractivity (Wildman–Crippen MR) is 108 cm³/mol. The van der Waals surface area contributed by atoms with Gasteiger partial charge >= 0.3 is 6.18 Å². The molecule has 1 aromatic carbocycles. The highest BCUT2D eigenvalue weighted by Crippen LogP contribution is 2.46. The fourth-order valence-electron chi connectivity index (χ4n) is 5.31. The molecule has 3 unspecified atom stereocenters. The van der Waals surface area contributed by atoms with E-state index in [-0.39, 0.29) is 16.7 Å². The van der Waals surface area contributed by atoms with Gasteiger partial charge in [-0.15, -0.1) is 11.3 Å². The lowest BCUT2D eigenvalue weighted by Gasteiger charge is -2.27. The van der Waals surface area contributed by atoms with Gasteiger partial charge in [0.15, 0.2) is 17.6 Å². The van der Waals surface area contributed by atoms with Crippen LogP contribution in [0, 0.1) is 17.8 Å². The third-order valence-electron chi connectivity index (χ3n) is 6.64. The van der Waals surface area contributed by atoms with Crippen LogP contribution >= 0.6 is 11.3 Å². The molecule has 30 heavy (non-hydrogen) atoms. The molecule has 1 N–H and O–H groups in total. The number of oxazole rings is 1. The maximum atomic E-state index is 13.2. The standard InChI is InChI=1S/C22H23F3N2O2S/c23-22(24,25)20(28)15-4-5-16(21-26-7-8-30-21)19-18(15)27-17(29-19)6-3-14-10-12-1-2-13(9-12)11-14/h4-5,7-8,12-14,20,28H,1-3,6,9-11H2. The number of benzene rings is 1. The summed E-state index contributed by atoms with van der Waals surface area (Å²) in [6, 6.07) is 2.81. The van der Waals surface area contributed by atoms with Gasteiger partial charge in [-0.1, -0.05) is 18.9 Å². The van der Waals surface area contributed by atoms with Crippen molar-refractivity contribution in [2.24, 2.45) is 17.8 Å². The van der Waals surface area contributed by atoms with Crippen LogP contribution in [-0.4, -0.2) is 21.3 Å². The molecule has 2 aromatic heterocycles. The SMILES string of the molecule is OC(c1ccc(-c2nccs2)c2oc(CCC3CC4CCC(C3)C4)nc12)C(F)(F)F. The first-order valence-corrected chi connectivity index (χ1v) is 11.3. The van der Waals surface area contributed by atoms with Gasteiger partial charge in [0, 0.05) is 23.6 Å². The molecule has 2 aliphatic carbocycles. The van der Waals surface area contributed by atoms with Crippen molar-refractivity contribution in [1.82, 2.24) is 9.97 Å². The van der Waals surface area contributed by atoms with E-state index in [1.807, 2.05) is 0 Å². The molecule has 0 spiro atoms. The van der Waals surface area contributed by atoms with Gasteiger partial charge in [0.1, 0.15) is 10.5 Å². The van der Waals surface area contributed by atoms with E-state index in [9.17, 15) is 18.3 Å². The average Bonchev–Trinajstić information content (AvgIpc) is 3.44. The lowest BCUT2D eigenvalue weighted by Crippen LogP contribution is -2.20. The number of aliphatic hydroxyl groups excluding tert-OH is 1. The summed E-state index contributed by atoms with van der Waals surface area (Å²) in [4.78, 5) is 8.66. The number of nitrogens with zero attached hydrogens (tertiary/aromatic N) is 2. The normalized spacial score (nSPS) is 25.1. The third kappa shape index (κ3) is 3.75. The summed E-state index contributed by atoms with van der Waals surface area (Å²) < 4.78 is 45.5. The molecule has 0 amide bonds. The Labute approximate surface area is 176 Å². The molecule has 2 bridgehead atoms. The molecule has 8 heteroatoms. The first-order chi connectivity index (χ1) is 14.4. The van der Waals surface area contributed by atoms with Gasteiger partial charge in [0.25, 0.3) is 0 Å². The summed E-state index contributed by atoms with van der Waals surface area (Å²) in [6.45, 7) is 0. The fraction of sp³-hybridized carbons (Fsp3) is 0.545. The van der Waals surface area contributed by atoms with E-state index in [0.29, 0.717) is 28.8 Å². The molecule has 2 fully saturated rings. The summed E-state index contributed by atoms with van der Waals surface area (Å²) in [5.74, 6) is 2.73. The number of rotatable bonds is 5.